The van der Waals surface area contributed by atoms with Crippen molar-refractivity contribution in [3.63, 3.8) is 0 Å². The Morgan fingerprint density at radius 2 is 1.64 bits per heavy atom. The van der Waals surface area contributed by atoms with Gasteiger partial charge >= 0.3 is 0 Å². The third kappa shape index (κ3) is 4.80. The molecule has 4 aromatic rings. The fraction of sp³-hybridized carbons (Fsp3) is 0.107. The summed E-state index contributed by atoms with van der Waals surface area (Å²) < 4.78 is 35.2. The van der Waals surface area contributed by atoms with Crippen LogP contribution in [0.4, 0.5) is 11.4 Å². The van der Waals surface area contributed by atoms with Gasteiger partial charge in [-0.3, -0.25) is 9.52 Å². The number of nitrogens with one attached hydrogen (secondary N) is 1. The van der Waals surface area contributed by atoms with Crippen molar-refractivity contribution in [3.05, 3.63) is 113 Å². The Kier molecular flexibility index (Phi) is 6.43. The summed E-state index contributed by atoms with van der Waals surface area (Å²) in [7, 11) is -3.97. The second-order valence-electron chi connectivity index (χ2n) is 8.55. The molecule has 6 nitrogen and oxygen atoms in total. The molecule has 0 aromatic heterocycles. The first-order chi connectivity index (χ1) is 17.3. The predicted molar refractivity (Wildman–Crippen MR) is 142 cm³/mol. The van der Waals surface area contributed by atoms with Crippen LogP contribution in [0.1, 0.15) is 22.8 Å². The van der Waals surface area contributed by atoms with Gasteiger partial charge in [0, 0.05) is 22.3 Å². The quantitative estimate of drug-likeness (QED) is 0.315. The summed E-state index contributed by atoms with van der Waals surface area (Å²) in [6, 6.07) is 27.6. The molecule has 1 aliphatic heterocycles. The Morgan fingerprint density at radius 3 is 2.36 bits per heavy atom. The molecule has 4 aromatic carbocycles. The standard InChI is InChI=1S/C28H23ClN2O4S/c1-19-16-21-17-24(13-14-26(21)31(19)28(32)20-8-4-2-5-9-20)36(33,34)30-25-18-22(29)12-15-27(25)35-23-10-6-3-7-11-23/h2-15,17-19,30H,16H2,1H3/t19-/m0/s1. The molecule has 182 valence electrons. The normalized spacial score (nSPS) is 14.8. The highest BCUT2D eigenvalue weighted by molar-refractivity contribution is 7.92. The van der Waals surface area contributed by atoms with Gasteiger partial charge in [-0.1, -0.05) is 48.0 Å². The predicted octanol–water partition coefficient (Wildman–Crippen LogP) is 6.52. The minimum Gasteiger partial charge on any atom is -0.455 e. The SMILES string of the molecule is C[C@H]1Cc2cc(S(=O)(=O)Nc3cc(Cl)ccc3Oc3ccccc3)ccc2N1C(=O)c1ccccc1. The average molecular weight is 519 g/mol. The molecule has 0 radical (unpaired) electrons. The number of rotatable bonds is 6. The van der Waals surface area contributed by atoms with Crippen LogP contribution in [0.2, 0.25) is 5.02 Å². The fourth-order valence-electron chi connectivity index (χ4n) is 4.29. The minimum absolute atomic E-state index is 0.0908. The molecule has 0 saturated heterocycles. The van der Waals surface area contributed by atoms with Crippen LogP contribution in [0.5, 0.6) is 11.5 Å². The van der Waals surface area contributed by atoms with Gasteiger partial charge in [-0.25, -0.2) is 8.42 Å². The van der Waals surface area contributed by atoms with Gasteiger partial charge in [0.1, 0.15) is 5.75 Å². The Hall–Kier alpha value is -3.81. The molecule has 5 rings (SSSR count). The van der Waals surface area contributed by atoms with E-state index in [1.807, 2.05) is 43.3 Å². The van der Waals surface area contributed by atoms with E-state index in [0.29, 0.717) is 34.2 Å². The Labute approximate surface area is 215 Å². The summed E-state index contributed by atoms with van der Waals surface area (Å²) in [6.45, 7) is 1.95. The van der Waals surface area contributed by atoms with E-state index in [9.17, 15) is 13.2 Å². The monoisotopic (exact) mass is 518 g/mol. The Bertz CT molecular complexity index is 1530. The summed E-state index contributed by atoms with van der Waals surface area (Å²) >= 11 is 6.16. The van der Waals surface area contributed by atoms with Crippen molar-refractivity contribution in [2.24, 2.45) is 0 Å². The lowest BCUT2D eigenvalue weighted by Gasteiger charge is -2.23. The van der Waals surface area contributed by atoms with E-state index in [4.69, 9.17) is 16.3 Å². The van der Waals surface area contributed by atoms with Gasteiger partial charge in [0.2, 0.25) is 0 Å². The van der Waals surface area contributed by atoms with Gasteiger partial charge in [-0.05, 0) is 79.6 Å². The number of anilines is 2. The van der Waals surface area contributed by atoms with E-state index in [0.717, 1.165) is 5.56 Å². The smallest absolute Gasteiger partial charge is 0.262 e. The van der Waals surface area contributed by atoms with Crippen molar-refractivity contribution in [1.29, 1.82) is 0 Å². The lowest BCUT2D eigenvalue weighted by Crippen LogP contribution is -2.35. The van der Waals surface area contributed by atoms with Crippen LogP contribution < -0.4 is 14.4 Å². The van der Waals surface area contributed by atoms with Gasteiger partial charge in [0.15, 0.2) is 5.75 Å². The van der Waals surface area contributed by atoms with Gasteiger partial charge < -0.3 is 9.64 Å². The molecular weight excluding hydrogens is 496 g/mol. The Morgan fingerprint density at radius 1 is 0.944 bits per heavy atom. The summed E-state index contributed by atoms with van der Waals surface area (Å²) in [6.07, 6.45) is 0.552. The molecule has 1 amide bonds. The number of para-hydroxylation sites is 1. The third-order valence-corrected chi connectivity index (χ3v) is 7.57. The number of ether oxygens (including phenoxy) is 1. The van der Waals surface area contributed by atoms with E-state index in [2.05, 4.69) is 4.72 Å². The van der Waals surface area contributed by atoms with Crippen LogP contribution in [0.3, 0.4) is 0 Å². The first kappa shape index (κ1) is 23.9. The summed E-state index contributed by atoms with van der Waals surface area (Å²) in [5, 5.41) is 0.367. The van der Waals surface area contributed by atoms with Crippen molar-refractivity contribution < 1.29 is 17.9 Å². The van der Waals surface area contributed by atoms with Gasteiger partial charge in [0.25, 0.3) is 15.9 Å². The molecule has 0 saturated carbocycles. The van der Waals surface area contributed by atoms with E-state index in [1.165, 1.54) is 12.1 Å². The summed E-state index contributed by atoms with van der Waals surface area (Å²) in [5.41, 5.74) is 2.32. The van der Waals surface area contributed by atoms with Crippen molar-refractivity contribution in [2.45, 2.75) is 24.3 Å². The largest absolute Gasteiger partial charge is 0.455 e. The number of sulfonamides is 1. The maximum atomic E-state index is 13.3. The highest BCUT2D eigenvalue weighted by Gasteiger charge is 2.32. The molecular formula is C28H23ClN2O4S. The summed E-state index contributed by atoms with van der Waals surface area (Å²) in [5.74, 6) is 0.774. The fourth-order valence-corrected chi connectivity index (χ4v) is 5.58. The Balaban J connectivity index is 1.43. The van der Waals surface area contributed by atoms with Crippen LogP contribution in [0, 0.1) is 0 Å². The molecule has 0 aliphatic carbocycles. The van der Waals surface area contributed by atoms with Gasteiger partial charge in [-0.15, -0.1) is 0 Å². The minimum atomic E-state index is -3.97. The topological polar surface area (TPSA) is 75.7 Å². The van der Waals surface area contributed by atoms with E-state index in [1.54, 1.807) is 53.4 Å². The van der Waals surface area contributed by atoms with Crippen LogP contribution >= 0.6 is 11.6 Å². The lowest BCUT2D eigenvalue weighted by molar-refractivity contribution is 0.0981. The van der Waals surface area contributed by atoms with Crippen LogP contribution in [-0.4, -0.2) is 20.4 Å². The molecule has 1 heterocycles. The third-order valence-electron chi connectivity index (χ3n) is 5.97. The number of nitrogens with zero attached hydrogens (tertiary/aromatic N) is 1. The summed E-state index contributed by atoms with van der Waals surface area (Å²) in [4.78, 5) is 14.9. The van der Waals surface area contributed by atoms with Gasteiger partial charge in [0.05, 0.1) is 10.6 Å². The molecule has 1 N–H and O–H groups in total. The van der Waals surface area contributed by atoms with Gasteiger partial charge in [-0.2, -0.15) is 0 Å². The average Bonchev–Trinajstić information content (AvgIpc) is 3.21. The molecule has 0 bridgehead atoms. The molecule has 0 spiro atoms. The first-order valence-electron chi connectivity index (χ1n) is 11.4. The zero-order valence-electron chi connectivity index (χ0n) is 19.4. The van der Waals surface area contributed by atoms with Crippen LogP contribution in [0.25, 0.3) is 0 Å². The molecule has 0 fully saturated rings. The zero-order valence-corrected chi connectivity index (χ0v) is 21.0. The number of amides is 1. The van der Waals surface area contributed by atoms with Crippen molar-refractivity contribution in [3.8, 4) is 11.5 Å². The van der Waals surface area contributed by atoms with Crippen molar-refractivity contribution in [2.75, 3.05) is 9.62 Å². The van der Waals surface area contributed by atoms with Crippen LogP contribution in [0.15, 0.2) is 102 Å². The number of hydrogen-bond donors (Lipinski definition) is 1. The number of carbonyl (C=O) groups is 1. The number of fused-ring (bicyclic) bond motifs is 1. The number of carbonyl (C=O) groups excluding carboxylic acids is 1. The number of halogens is 1. The highest BCUT2D eigenvalue weighted by Crippen LogP contribution is 2.37. The molecule has 8 heteroatoms. The maximum absolute atomic E-state index is 13.3. The second-order valence-corrected chi connectivity index (χ2v) is 10.7. The lowest BCUT2D eigenvalue weighted by atomic mass is 10.1. The highest BCUT2D eigenvalue weighted by atomic mass is 35.5. The van der Waals surface area contributed by atoms with E-state index >= 15 is 0 Å². The van der Waals surface area contributed by atoms with Crippen molar-refractivity contribution in [1.82, 2.24) is 0 Å². The second kappa shape index (κ2) is 9.68. The molecule has 1 atom stereocenters. The van der Waals surface area contributed by atoms with Crippen molar-refractivity contribution >= 4 is 38.9 Å². The van der Waals surface area contributed by atoms with E-state index in [-0.39, 0.29) is 22.5 Å². The molecule has 0 unspecified atom stereocenters. The molecule has 1 aliphatic rings. The molecule has 36 heavy (non-hydrogen) atoms. The number of benzene rings is 4. The first-order valence-corrected chi connectivity index (χ1v) is 13.2. The zero-order chi connectivity index (χ0) is 25.3. The number of hydrogen-bond acceptors (Lipinski definition) is 4. The maximum Gasteiger partial charge on any atom is 0.262 e. The van der Waals surface area contributed by atoms with Crippen LogP contribution in [-0.2, 0) is 16.4 Å². The van der Waals surface area contributed by atoms with E-state index < -0.39 is 10.0 Å².